The number of benzene rings is 1. The van der Waals surface area contributed by atoms with Crippen molar-refractivity contribution in [2.45, 2.75) is 50.8 Å². The second-order valence-electron chi connectivity index (χ2n) is 8.41. The number of thiophene rings is 1. The smallest absolute Gasteiger partial charge is 0.254 e. The average molecular weight is 522 g/mol. The third-order valence-corrected chi connectivity index (χ3v) is 9.45. The molecule has 1 heterocycles. The van der Waals surface area contributed by atoms with Gasteiger partial charge in [-0.25, -0.2) is 8.42 Å². The van der Waals surface area contributed by atoms with E-state index in [1.807, 2.05) is 0 Å². The minimum Gasteiger partial charge on any atom is -0.385 e. The number of carbonyl (C=O) groups excluding carboxylic acids is 2. The fourth-order valence-electron chi connectivity index (χ4n) is 4.23. The first kappa shape index (κ1) is 27.3. The molecule has 0 fully saturated rings. The molecule has 10 heteroatoms. The third kappa shape index (κ3) is 6.49. The molecule has 2 N–H and O–H groups in total. The molecule has 8 nitrogen and oxygen atoms in total. The van der Waals surface area contributed by atoms with Crippen LogP contribution in [0.25, 0.3) is 0 Å². The zero-order valence-corrected chi connectivity index (χ0v) is 22.3. The first-order chi connectivity index (χ1) is 16.8. The number of Topliss-reactive ketones (excluding diaryl/α,β-unsaturated/α-hetero) is 1. The number of amides is 1. The van der Waals surface area contributed by atoms with Gasteiger partial charge in [-0.2, -0.15) is 4.31 Å². The van der Waals surface area contributed by atoms with E-state index >= 15 is 0 Å². The number of anilines is 1. The van der Waals surface area contributed by atoms with Crippen molar-refractivity contribution in [2.24, 2.45) is 0 Å². The minimum absolute atomic E-state index is 0.0193. The molecule has 1 aromatic heterocycles. The van der Waals surface area contributed by atoms with Gasteiger partial charge in [0.2, 0.25) is 10.0 Å². The maximum Gasteiger partial charge on any atom is 0.254 e. The molecule has 3 rings (SSSR count). The van der Waals surface area contributed by atoms with Crippen molar-refractivity contribution in [1.29, 1.82) is 0 Å². The van der Waals surface area contributed by atoms with Crippen LogP contribution in [0, 0.1) is 0 Å². The summed E-state index contributed by atoms with van der Waals surface area (Å²) in [6, 6.07) is 6.04. The summed E-state index contributed by atoms with van der Waals surface area (Å²) >= 11 is 1.55. The van der Waals surface area contributed by atoms with Crippen LogP contribution in [0.4, 0.5) is 5.00 Å². The molecule has 1 amide bonds. The fraction of sp³-hybridized carbons (Fsp3) is 0.520. The number of nitrogens with one attached hydrogen (secondary N) is 2. The van der Waals surface area contributed by atoms with Crippen LogP contribution in [-0.2, 0) is 27.6 Å². The van der Waals surface area contributed by atoms with Gasteiger partial charge in [0.05, 0.1) is 17.0 Å². The second-order valence-corrected chi connectivity index (χ2v) is 11.5. The SMILES string of the molecule is CCN(CC)S(=O)(=O)c1ccc(C(=O)CNc2sc3c(c2C(=O)NCCCOC)CCCC3)cc1. The Morgan fingerprint density at radius 2 is 1.77 bits per heavy atom. The number of nitrogens with zero attached hydrogens (tertiary/aromatic N) is 1. The molecule has 0 unspecified atom stereocenters. The van der Waals surface area contributed by atoms with Crippen LogP contribution in [0.3, 0.4) is 0 Å². The first-order valence-electron chi connectivity index (χ1n) is 12.1. The minimum atomic E-state index is -3.57. The van der Waals surface area contributed by atoms with E-state index in [4.69, 9.17) is 4.74 Å². The lowest BCUT2D eigenvalue weighted by molar-refractivity contribution is 0.0946. The summed E-state index contributed by atoms with van der Waals surface area (Å²) in [5, 5.41) is 6.88. The third-order valence-electron chi connectivity index (χ3n) is 6.14. The number of methoxy groups -OCH3 is 1. The lowest BCUT2D eigenvalue weighted by atomic mass is 9.95. The highest BCUT2D eigenvalue weighted by molar-refractivity contribution is 7.89. The van der Waals surface area contributed by atoms with Crippen molar-refractivity contribution >= 4 is 38.1 Å². The predicted molar refractivity (Wildman–Crippen MR) is 139 cm³/mol. The van der Waals surface area contributed by atoms with E-state index in [1.54, 1.807) is 44.4 Å². The molecule has 1 aliphatic rings. The maximum atomic E-state index is 13.0. The summed E-state index contributed by atoms with van der Waals surface area (Å²) in [4.78, 5) is 27.2. The van der Waals surface area contributed by atoms with Crippen LogP contribution in [0.1, 0.15) is 64.3 Å². The zero-order valence-electron chi connectivity index (χ0n) is 20.7. The number of aryl methyl sites for hydroxylation is 1. The summed E-state index contributed by atoms with van der Waals surface area (Å²) < 4.78 is 31.8. The van der Waals surface area contributed by atoms with Crippen molar-refractivity contribution < 1.29 is 22.7 Å². The van der Waals surface area contributed by atoms with Gasteiger partial charge in [0.25, 0.3) is 5.91 Å². The molecule has 0 saturated heterocycles. The normalized spacial score (nSPS) is 13.5. The molecule has 0 atom stereocenters. The fourth-order valence-corrected chi connectivity index (χ4v) is 6.97. The van der Waals surface area contributed by atoms with Gasteiger partial charge in [-0.3, -0.25) is 9.59 Å². The molecule has 0 saturated carbocycles. The Bertz CT molecular complexity index is 1120. The summed E-state index contributed by atoms with van der Waals surface area (Å²) in [7, 11) is -1.94. The number of hydrogen-bond donors (Lipinski definition) is 2. The molecule has 0 spiro atoms. The highest BCUT2D eigenvalue weighted by atomic mass is 32.2. The van der Waals surface area contributed by atoms with Crippen LogP contribution in [0.2, 0.25) is 0 Å². The Kier molecular flexibility index (Phi) is 9.85. The standard InChI is InChI=1S/C25H35N3O5S2/c1-4-28(5-2)35(31,32)19-13-11-18(12-14-19)21(29)17-27-25-23(24(30)26-15-8-16-33-3)20-9-6-7-10-22(20)34-25/h11-14,27H,4-10,15-17H2,1-3H3,(H,26,30). The van der Waals surface area contributed by atoms with Crippen LogP contribution in [0.5, 0.6) is 0 Å². The number of rotatable bonds is 13. The average Bonchev–Trinajstić information content (AvgIpc) is 3.24. The van der Waals surface area contributed by atoms with Crippen LogP contribution >= 0.6 is 11.3 Å². The molecule has 192 valence electrons. The number of hydrogen-bond acceptors (Lipinski definition) is 7. The lowest BCUT2D eigenvalue weighted by Gasteiger charge is -2.18. The molecule has 0 aliphatic heterocycles. The van der Waals surface area contributed by atoms with Gasteiger partial charge in [0, 0.05) is 43.8 Å². The summed E-state index contributed by atoms with van der Waals surface area (Å²) in [5.41, 5.74) is 2.16. The van der Waals surface area contributed by atoms with E-state index in [-0.39, 0.29) is 23.1 Å². The topological polar surface area (TPSA) is 105 Å². The van der Waals surface area contributed by atoms with Crippen molar-refractivity contribution in [2.75, 3.05) is 45.2 Å². The zero-order chi connectivity index (χ0) is 25.4. The van der Waals surface area contributed by atoms with E-state index in [1.165, 1.54) is 21.3 Å². The molecule has 2 aromatic rings. The van der Waals surface area contributed by atoms with E-state index in [2.05, 4.69) is 10.6 Å². The molecular formula is C25H35N3O5S2. The van der Waals surface area contributed by atoms with E-state index in [0.29, 0.717) is 37.4 Å². The van der Waals surface area contributed by atoms with Crippen molar-refractivity contribution in [3.05, 3.63) is 45.8 Å². The summed E-state index contributed by atoms with van der Waals surface area (Å²) in [6.07, 6.45) is 4.70. The number of fused-ring (bicyclic) bond motifs is 1. The van der Waals surface area contributed by atoms with Crippen molar-refractivity contribution in [3.63, 3.8) is 0 Å². The van der Waals surface area contributed by atoms with Gasteiger partial charge < -0.3 is 15.4 Å². The quantitative estimate of drug-likeness (QED) is 0.308. The number of ether oxygens (including phenoxy) is 1. The first-order valence-corrected chi connectivity index (χ1v) is 14.4. The maximum absolute atomic E-state index is 13.0. The van der Waals surface area contributed by atoms with Gasteiger partial charge in [0.15, 0.2) is 5.78 Å². The van der Waals surface area contributed by atoms with E-state index < -0.39 is 10.0 Å². The van der Waals surface area contributed by atoms with Gasteiger partial charge in [-0.05, 0) is 61.9 Å². The van der Waals surface area contributed by atoms with Crippen LogP contribution in [0.15, 0.2) is 29.2 Å². The molecule has 35 heavy (non-hydrogen) atoms. The molecule has 1 aromatic carbocycles. The van der Waals surface area contributed by atoms with E-state index in [9.17, 15) is 18.0 Å². The van der Waals surface area contributed by atoms with Crippen LogP contribution < -0.4 is 10.6 Å². The summed E-state index contributed by atoms with van der Waals surface area (Å²) in [6.45, 7) is 5.48. The van der Waals surface area contributed by atoms with Crippen molar-refractivity contribution in [3.8, 4) is 0 Å². The van der Waals surface area contributed by atoms with Crippen LogP contribution in [-0.4, -0.2) is 64.3 Å². The van der Waals surface area contributed by atoms with Crippen molar-refractivity contribution in [1.82, 2.24) is 9.62 Å². The largest absolute Gasteiger partial charge is 0.385 e. The highest BCUT2D eigenvalue weighted by Gasteiger charge is 2.26. The Labute approximate surface area is 212 Å². The number of ketones is 1. The van der Waals surface area contributed by atoms with Gasteiger partial charge in [0.1, 0.15) is 5.00 Å². The molecular weight excluding hydrogens is 486 g/mol. The Morgan fingerprint density at radius 1 is 1.09 bits per heavy atom. The van der Waals surface area contributed by atoms with Gasteiger partial charge in [-0.1, -0.05) is 13.8 Å². The second kappa shape index (κ2) is 12.6. The lowest BCUT2D eigenvalue weighted by Crippen LogP contribution is -2.30. The predicted octanol–water partition coefficient (Wildman–Crippen LogP) is 3.72. The van der Waals surface area contributed by atoms with E-state index in [0.717, 1.165) is 42.7 Å². The Balaban J connectivity index is 1.71. The molecule has 0 bridgehead atoms. The molecule has 1 aliphatic carbocycles. The Morgan fingerprint density at radius 3 is 2.43 bits per heavy atom. The number of carbonyl (C=O) groups is 2. The van der Waals surface area contributed by atoms with Gasteiger partial charge >= 0.3 is 0 Å². The number of sulfonamides is 1. The summed E-state index contributed by atoms with van der Waals surface area (Å²) in [5.74, 6) is -0.295. The highest BCUT2D eigenvalue weighted by Crippen LogP contribution is 2.38. The monoisotopic (exact) mass is 521 g/mol. The molecule has 0 radical (unpaired) electrons. The Hall–Kier alpha value is -2.27. The van der Waals surface area contributed by atoms with Gasteiger partial charge in [-0.15, -0.1) is 11.3 Å².